The molecule has 0 saturated heterocycles. The number of hydrogen-bond donors (Lipinski definition) is 1. The molecule has 0 radical (unpaired) electrons. The second kappa shape index (κ2) is 5.62. The van der Waals surface area contributed by atoms with Crippen LogP contribution < -0.4 is 5.32 Å². The molecule has 0 saturated carbocycles. The van der Waals surface area contributed by atoms with Gasteiger partial charge in [0.2, 0.25) is 0 Å². The zero-order valence-electron chi connectivity index (χ0n) is 6.81. The molecule has 0 aromatic heterocycles. The Kier molecular flexibility index (Phi) is 5.54. The van der Waals surface area contributed by atoms with E-state index < -0.39 is 0 Å². The van der Waals surface area contributed by atoms with E-state index in [1.54, 1.807) is 0 Å². The van der Waals surface area contributed by atoms with Gasteiger partial charge in [-0.3, -0.25) is 0 Å². The topological polar surface area (TPSA) is 21.3 Å². The lowest BCUT2D eigenvalue weighted by Crippen LogP contribution is -2.33. The summed E-state index contributed by atoms with van der Waals surface area (Å²) in [7, 11) is 0. The van der Waals surface area contributed by atoms with E-state index in [0.29, 0.717) is 0 Å². The molecule has 0 aliphatic carbocycles. The average molecular weight is 161 g/mol. The van der Waals surface area contributed by atoms with Crippen LogP contribution in [0.1, 0.15) is 27.2 Å². The van der Waals surface area contributed by atoms with Crippen molar-refractivity contribution in [2.24, 2.45) is 0 Å². The minimum absolute atomic E-state index is 0.0995. The molecule has 0 bridgehead atoms. The summed E-state index contributed by atoms with van der Waals surface area (Å²) in [5, 5.41) is 3.04. The first-order valence-electron chi connectivity index (χ1n) is 3.59. The van der Waals surface area contributed by atoms with Crippen molar-refractivity contribution < 1.29 is 4.74 Å². The number of thiocarbonyl (C=S) groups is 1. The van der Waals surface area contributed by atoms with Gasteiger partial charge in [0, 0.05) is 6.61 Å². The Morgan fingerprint density at radius 3 is 2.50 bits per heavy atom. The molecule has 0 rings (SSSR count). The first kappa shape index (κ1) is 9.85. The normalized spacial score (nSPS) is 12.7. The van der Waals surface area contributed by atoms with Gasteiger partial charge in [0.05, 0.1) is 4.99 Å². The van der Waals surface area contributed by atoms with Crippen molar-refractivity contribution in [1.29, 1.82) is 0 Å². The molecule has 0 heterocycles. The van der Waals surface area contributed by atoms with Crippen LogP contribution in [0.5, 0.6) is 0 Å². The van der Waals surface area contributed by atoms with Crippen LogP contribution in [-0.2, 0) is 4.74 Å². The highest BCUT2D eigenvalue weighted by molar-refractivity contribution is 7.80. The van der Waals surface area contributed by atoms with Crippen molar-refractivity contribution >= 4 is 17.2 Å². The zero-order chi connectivity index (χ0) is 7.98. The summed E-state index contributed by atoms with van der Waals surface area (Å²) in [6.07, 6.45) is 1.05. The largest absolute Gasteiger partial charge is 0.359 e. The van der Waals surface area contributed by atoms with Crippen LogP contribution in [0.15, 0.2) is 0 Å². The van der Waals surface area contributed by atoms with Crippen molar-refractivity contribution in [2.45, 2.75) is 33.4 Å². The van der Waals surface area contributed by atoms with Crippen LogP contribution in [-0.4, -0.2) is 17.8 Å². The van der Waals surface area contributed by atoms with Gasteiger partial charge in [-0.25, -0.2) is 0 Å². The lowest BCUT2D eigenvalue weighted by Gasteiger charge is -2.16. The third-order valence-corrected chi connectivity index (χ3v) is 1.22. The van der Waals surface area contributed by atoms with Crippen molar-refractivity contribution in [3.05, 3.63) is 0 Å². The van der Waals surface area contributed by atoms with E-state index in [1.807, 2.05) is 13.8 Å². The first-order chi connectivity index (χ1) is 4.70. The molecular weight excluding hydrogens is 146 g/mol. The summed E-state index contributed by atoms with van der Waals surface area (Å²) in [5.41, 5.74) is 0. The molecule has 0 aromatic carbocycles. The van der Waals surface area contributed by atoms with E-state index in [4.69, 9.17) is 17.0 Å². The molecule has 1 N–H and O–H groups in total. The highest BCUT2D eigenvalue weighted by Gasteiger charge is 2.02. The highest BCUT2D eigenvalue weighted by atomic mass is 32.1. The van der Waals surface area contributed by atoms with Gasteiger partial charge in [-0.15, -0.1) is 0 Å². The predicted octanol–water partition coefficient (Wildman–Crippen LogP) is 1.70. The molecule has 1 atom stereocenters. The third-order valence-electron chi connectivity index (χ3n) is 1.10. The minimum atomic E-state index is 0.0995. The van der Waals surface area contributed by atoms with Crippen LogP contribution >= 0.6 is 12.2 Å². The number of rotatable bonds is 4. The molecule has 1 unspecified atom stereocenters. The number of nitrogens with one attached hydrogen (secondary N) is 1. The lowest BCUT2D eigenvalue weighted by molar-refractivity contribution is 0.0504. The van der Waals surface area contributed by atoms with Gasteiger partial charge in [-0.2, -0.15) is 0 Å². The number of hydrogen-bond acceptors (Lipinski definition) is 2. The van der Waals surface area contributed by atoms with Crippen molar-refractivity contribution in [3.63, 3.8) is 0 Å². The molecule has 3 heteroatoms. The Labute approximate surface area is 68.0 Å². The third kappa shape index (κ3) is 4.70. The molecule has 0 aliphatic heterocycles. The smallest absolute Gasteiger partial charge is 0.127 e. The van der Waals surface area contributed by atoms with E-state index in [2.05, 4.69) is 12.2 Å². The Morgan fingerprint density at radius 2 is 2.20 bits per heavy atom. The average Bonchev–Trinajstić information content (AvgIpc) is 1.86. The van der Waals surface area contributed by atoms with E-state index >= 15 is 0 Å². The maximum atomic E-state index is 5.30. The van der Waals surface area contributed by atoms with Crippen molar-refractivity contribution in [2.75, 3.05) is 6.61 Å². The Bertz CT molecular complexity index is 106. The lowest BCUT2D eigenvalue weighted by atomic mass is 10.4. The summed E-state index contributed by atoms with van der Waals surface area (Å²) in [6.45, 7) is 6.62. The van der Waals surface area contributed by atoms with Crippen molar-refractivity contribution in [3.8, 4) is 0 Å². The molecule has 0 aliphatic rings. The molecule has 2 nitrogen and oxygen atoms in total. The second-order valence-electron chi connectivity index (χ2n) is 2.05. The van der Waals surface area contributed by atoms with Gasteiger partial charge in [-0.05, 0) is 20.3 Å². The number of ether oxygens (including phenoxy) is 1. The first-order valence-corrected chi connectivity index (χ1v) is 4.00. The molecule has 10 heavy (non-hydrogen) atoms. The Balaban J connectivity index is 3.49. The standard InChI is InChI=1S/C7H15NOS/c1-4-7(9-5-2)8-6(3)10/h7H,4-5H2,1-3H3,(H,8,10). The van der Waals surface area contributed by atoms with Crippen LogP contribution in [0.3, 0.4) is 0 Å². The Morgan fingerprint density at radius 1 is 1.60 bits per heavy atom. The van der Waals surface area contributed by atoms with Crippen LogP contribution in [0.25, 0.3) is 0 Å². The van der Waals surface area contributed by atoms with E-state index in [0.717, 1.165) is 18.0 Å². The summed E-state index contributed by atoms with van der Waals surface area (Å²) >= 11 is 4.86. The molecule has 0 fully saturated rings. The van der Waals surface area contributed by atoms with Gasteiger partial charge in [-0.1, -0.05) is 19.1 Å². The quantitative estimate of drug-likeness (QED) is 0.501. The SMILES string of the molecule is CCOC(CC)NC(C)=S. The fourth-order valence-corrected chi connectivity index (χ4v) is 0.821. The summed E-state index contributed by atoms with van der Waals surface area (Å²) in [6, 6.07) is 0. The van der Waals surface area contributed by atoms with Gasteiger partial charge < -0.3 is 10.1 Å². The fourth-order valence-electron chi connectivity index (χ4n) is 0.689. The summed E-state index contributed by atoms with van der Waals surface area (Å²) in [5.74, 6) is 0. The van der Waals surface area contributed by atoms with Crippen LogP contribution in [0.4, 0.5) is 0 Å². The fraction of sp³-hybridized carbons (Fsp3) is 0.857. The molecule has 0 spiro atoms. The van der Waals surface area contributed by atoms with Gasteiger partial charge in [0.15, 0.2) is 0 Å². The van der Waals surface area contributed by atoms with E-state index in [-0.39, 0.29) is 6.23 Å². The van der Waals surface area contributed by atoms with Gasteiger partial charge in [0.25, 0.3) is 0 Å². The maximum absolute atomic E-state index is 5.30. The minimum Gasteiger partial charge on any atom is -0.359 e. The molecule has 60 valence electrons. The predicted molar refractivity (Wildman–Crippen MR) is 47.1 cm³/mol. The summed E-state index contributed by atoms with van der Waals surface area (Å²) in [4.78, 5) is 0.792. The molecule has 0 aromatic rings. The van der Waals surface area contributed by atoms with Gasteiger partial charge >= 0.3 is 0 Å². The highest BCUT2D eigenvalue weighted by Crippen LogP contribution is 1.92. The molecular formula is C7H15NOS. The van der Waals surface area contributed by atoms with E-state index in [9.17, 15) is 0 Å². The second-order valence-corrected chi connectivity index (χ2v) is 2.67. The van der Waals surface area contributed by atoms with E-state index in [1.165, 1.54) is 0 Å². The Hall–Kier alpha value is -0.150. The van der Waals surface area contributed by atoms with Crippen molar-refractivity contribution in [1.82, 2.24) is 5.32 Å². The van der Waals surface area contributed by atoms with Gasteiger partial charge in [0.1, 0.15) is 6.23 Å². The van der Waals surface area contributed by atoms with Crippen LogP contribution in [0, 0.1) is 0 Å². The monoisotopic (exact) mass is 161 g/mol. The maximum Gasteiger partial charge on any atom is 0.127 e. The zero-order valence-corrected chi connectivity index (χ0v) is 7.62. The molecule has 0 amide bonds. The summed E-state index contributed by atoms with van der Waals surface area (Å²) < 4.78 is 5.30. The van der Waals surface area contributed by atoms with Crippen LogP contribution in [0.2, 0.25) is 0 Å².